The molecular formula is C10H12N2O6. The fourth-order valence-corrected chi connectivity index (χ4v) is 0.775. The lowest BCUT2D eigenvalue weighted by atomic mass is 10.3. The molecule has 0 radical (unpaired) electrons. The minimum atomic E-state index is -1.18. The van der Waals surface area contributed by atoms with Gasteiger partial charge in [0.2, 0.25) is 0 Å². The van der Waals surface area contributed by atoms with E-state index in [0.29, 0.717) is 6.08 Å². The first-order chi connectivity index (χ1) is 8.35. The summed E-state index contributed by atoms with van der Waals surface area (Å²) in [6, 6.07) is 3.42. The number of phenols is 3. The van der Waals surface area contributed by atoms with Crippen LogP contribution in [-0.4, -0.2) is 32.3 Å². The molecule has 1 aromatic carbocycles. The molecule has 0 aliphatic heterocycles. The summed E-state index contributed by atoms with van der Waals surface area (Å²) in [6.45, 7) is 0. The van der Waals surface area contributed by atoms with Crippen LogP contribution in [0.2, 0.25) is 0 Å². The number of phenolic OH excluding ortho intramolecular Hbond substituents is 3. The predicted octanol–water partition coefficient (Wildman–Crippen LogP) is -0.580. The van der Waals surface area contributed by atoms with Crippen LogP contribution in [0.1, 0.15) is 0 Å². The minimum Gasteiger partial charge on any atom is -0.508 e. The van der Waals surface area contributed by atoms with E-state index in [2.05, 4.69) is 5.84 Å². The number of hydrogen-bond donors (Lipinski definition) is 6. The van der Waals surface area contributed by atoms with Crippen molar-refractivity contribution in [2.45, 2.75) is 0 Å². The van der Waals surface area contributed by atoms with Crippen molar-refractivity contribution >= 4 is 11.9 Å². The molecule has 98 valence electrons. The van der Waals surface area contributed by atoms with E-state index in [0.717, 1.165) is 24.3 Å². The average Bonchev–Trinajstić information content (AvgIpc) is 2.24. The molecule has 0 fully saturated rings. The van der Waals surface area contributed by atoms with Crippen molar-refractivity contribution in [1.82, 2.24) is 5.43 Å². The van der Waals surface area contributed by atoms with Gasteiger partial charge in [0.25, 0.3) is 5.91 Å². The van der Waals surface area contributed by atoms with Crippen LogP contribution < -0.4 is 11.3 Å². The Kier molecular flexibility index (Phi) is 6.38. The Hall–Kier alpha value is -2.74. The van der Waals surface area contributed by atoms with E-state index in [9.17, 15) is 9.59 Å². The van der Waals surface area contributed by atoms with Crippen LogP contribution in [-0.2, 0) is 9.59 Å². The molecule has 0 aliphatic carbocycles. The van der Waals surface area contributed by atoms with Crippen LogP contribution in [0.5, 0.6) is 17.2 Å². The zero-order valence-electron chi connectivity index (χ0n) is 9.07. The van der Waals surface area contributed by atoms with E-state index >= 15 is 0 Å². The topological polar surface area (TPSA) is 153 Å². The molecule has 7 N–H and O–H groups in total. The summed E-state index contributed by atoms with van der Waals surface area (Å²) in [4.78, 5) is 19.8. The number of hydrazine groups is 1. The Morgan fingerprint density at radius 3 is 1.67 bits per heavy atom. The lowest BCUT2D eigenvalue weighted by molar-refractivity contribution is -0.131. The van der Waals surface area contributed by atoms with Crippen LogP contribution in [0, 0.1) is 0 Å². The SMILES string of the molecule is NNC(=O)C=CC(=O)O.Oc1cc(O)cc(O)c1. The van der Waals surface area contributed by atoms with Crippen molar-refractivity contribution in [2.24, 2.45) is 5.84 Å². The van der Waals surface area contributed by atoms with E-state index in [1.165, 1.54) is 0 Å². The van der Waals surface area contributed by atoms with Gasteiger partial charge in [-0.3, -0.25) is 10.2 Å². The van der Waals surface area contributed by atoms with Gasteiger partial charge in [0.15, 0.2) is 0 Å². The number of carboxylic acids is 1. The summed E-state index contributed by atoms with van der Waals surface area (Å²) in [7, 11) is 0. The highest BCUT2D eigenvalue weighted by atomic mass is 16.4. The largest absolute Gasteiger partial charge is 0.508 e. The van der Waals surface area contributed by atoms with Crippen LogP contribution in [0.3, 0.4) is 0 Å². The second-order valence-corrected chi connectivity index (χ2v) is 2.89. The van der Waals surface area contributed by atoms with Gasteiger partial charge >= 0.3 is 5.97 Å². The number of nitrogens with two attached hydrogens (primary N) is 1. The van der Waals surface area contributed by atoms with Gasteiger partial charge < -0.3 is 20.4 Å². The van der Waals surface area contributed by atoms with Crippen molar-refractivity contribution in [1.29, 1.82) is 0 Å². The maximum absolute atomic E-state index is 10.1. The number of carbonyl (C=O) groups excluding carboxylic acids is 1. The molecule has 0 atom stereocenters. The first-order valence-corrected chi connectivity index (χ1v) is 4.48. The van der Waals surface area contributed by atoms with E-state index in [1.54, 1.807) is 5.43 Å². The van der Waals surface area contributed by atoms with Crippen molar-refractivity contribution in [3.8, 4) is 17.2 Å². The zero-order valence-corrected chi connectivity index (χ0v) is 9.07. The van der Waals surface area contributed by atoms with Gasteiger partial charge in [-0.1, -0.05) is 0 Å². The van der Waals surface area contributed by atoms with Crippen LogP contribution in [0.25, 0.3) is 0 Å². The molecule has 1 aromatic rings. The molecule has 8 heteroatoms. The molecule has 0 aromatic heterocycles. The summed E-state index contributed by atoms with van der Waals surface area (Å²) in [5.41, 5.74) is 1.73. The molecule has 0 saturated heterocycles. The highest BCUT2D eigenvalue weighted by Gasteiger charge is 1.94. The maximum atomic E-state index is 10.1. The number of amides is 1. The summed E-state index contributed by atoms with van der Waals surface area (Å²) in [6.07, 6.45) is 1.52. The molecule has 0 saturated carbocycles. The van der Waals surface area contributed by atoms with Crippen LogP contribution in [0.4, 0.5) is 0 Å². The number of carbonyl (C=O) groups is 2. The van der Waals surface area contributed by atoms with Gasteiger partial charge in [0, 0.05) is 30.4 Å². The number of rotatable bonds is 2. The van der Waals surface area contributed by atoms with Crippen molar-refractivity contribution in [3.63, 3.8) is 0 Å². The molecule has 0 heterocycles. The van der Waals surface area contributed by atoms with Crippen LogP contribution >= 0.6 is 0 Å². The Morgan fingerprint density at radius 2 is 1.39 bits per heavy atom. The molecule has 18 heavy (non-hydrogen) atoms. The lowest BCUT2D eigenvalue weighted by Crippen LogP contribution is -2.28. The third kappa shape index (κ3) is 7.54. The Morgan fingerprint density at radius 1 is 1.00 bits per heavy atom. The quantitative estimate of drug-likeness (QED) is 0.179. The summed E-state index contributed by atoms with van der Waals surface area (Å²) in [5, 5.41) is 34.0. The molecule has 0 bridgehead atoms. The van der Waals surface area contributed by atoms with Gasteiger partial charge in [-0.2, -0.15) is 0 Å². The predicted molar refractivity (Wildman–Crippen MR) is 60.5 cm³/mol. The first-order valence-electron chi connectivity index (χ1n) is 4.48. The second-order valence-electron chi connectivity index (χ2n) is 2.89. The number of hydrogen-bond acceptors (Lipinski definition) is 6. The number of nitrogens with one attached hydrogen (secondary N) is 1. The monoisotopic (exact) mass is 256 g/mol. The molecular weight excluding hydrogens is 244 g/mol. The molecule has 8 nitrogen and oxygen atoms in total. The van der Waals surface area contributed by atoms with Crippen molar-refractivity contribution in [3.05, 3.63) is 30.4 Å². The number of aromatic hydroxyl groups is 3. The Labute approximate surface area is 102 Å². The summed E-state index contributed by atoms with van der Waals surface area (Å²) < 4.78 is 0. The summed E-state index contributed by atoms with van der Waals surface area (Å²) >= 11 is 0. The molecule has 0 aliphatic rings. The fraction of sp³-hybridized carbons (Fsp3) is 0. The van der Waals surface area contributed by atoms with Crippen LogP contribution in [0.15, 0.2) is 30.4 Å². The molecule has 1 rings (SSSR count). The molecule has 0 unspecified atom stereocenters. The van der Waals surface area contributed by atoms with Gasteiger partial charge in [-0.05, 0) is 0 Å². The smallest absolute Gasteiger partial charge is 0.328 e. The molecule has 0 spiro atoms. The summed E-state index contributed by atoms with van der Waals surface area (Å²) in [5.74, 6) is 2.35. The maximum Gasteiger partial charge on any atom is 0.328 e. The van der Waals surface area contributed by atoms with E-state index in [4.69, 9.17) is 20.4 Å². The third-order valence-electron chi connectivity index (χ3n) is 1.41. The third-order valence-corrected chi connectivity index (χ3v) is 1.41. The van der Waals surface area contributed by atoms with E-state index in [1.807, 2.05) is 0 Å². The first kappa shape index (κ1) is 15.3. The number of benzene rings is 1. The van der Waals surface area contributed by atoms with E-state index < -0.39 is 11.9 Å². The van der Waals surface area contributed by atoms with Gasteiger partial charge in [0.05, 0.1) is 0 Å². The standard InChI is InChI=1S/C6H6O3.C4H6N2O3/c7-4-1-5(8)3-6(9)2-4;5-6-3(7)1-2-4(8)9/h1-3,7-9H;1-2H,5H2,(H,6,7)(H,8,9). The van der Waals surface area contributed by atoms with Gasteiger partial charge in [-0.15, -0.1) is 0 Å². The van der Waals surface area contributed by atoms with Gasteiger partial charge in [-0.25, -0.2) is 10.6 Å². The number of carboxylic acid groups (broad SMARTS) is 1. The minimum absolute atomic E-state index is 0.146. The fourth-order valence-electron chi connectivity index (χ4n) is 0.775. The lowest BCUT2D eigenvalue weighted by Gasteiger charge is -1.94. The van der Waals surface area contributed by atoms with E-state index in [-0.39, 0.29) is 17.2 Å². The Bertz CT molecular complexity index is 407. The number of aliphatic carboxylic acids is 1. The normalized spacial score (nSPS) is 9.39. The Balaban J connectivity index is 0.000000321. The molecule has 1 amide bonds. The highest BCUT2D eigenvalue weighted by molar-refractivity contribution is 5.93. The second kappa shape index (κ2) is 7.52. The van der Waals surface area contributed by atoms with Crippen molar-refractivity contribution < 1.29 is 30.0 Å². The zero-order chi connectivity index (χ0) is 14.1. The average molecular weight is 256 g/mol. The van der Waals surface area contributed by atoms with Crippen molar-refractivity contribution in [2.75, 3.05) is 0 Å². The van der Waals surface area contributed by atoms with Gasteiger partial charge in [0.1, 0.15) is 17.2 Å². The highest BCUT2D eigenvalue weighted by Crippen LogP contribution is 2.23.